The molecule has 0 aliphatic carbocycles. The van der Waals surface area contributed by atoms with Gasteiger partial charge in [-0.2, -0.15) is 0 Å². The molecule has 0 fully saturated rings. The van der Waals surface area contributed by atoms with Gasteiger partial charge in [0.15, 0.2) is 0 Å². The molecule has 0 heterocycles. The number of rotatable bonds is 10. The summed E-state index contributed by atoms with van der Waals surface area (Å²) in [6.07, 6.45) is 3.32. The maximum Gasteiger partial charge on any atom is 0.303 e. The number of benzene rings is 2. The Labute approximate surface area is 148 Å². The highest BCUT2D eigenvalue weighted by Crippen LogP contribution is 2.19. The Balaban J connectivity index is 1.90. The molecular weight excluding hydrogens is 314 g/mol. The molecule has 1 unspecified atom stereocenters. The Morgan fingerprint density at radius 3 is 2.12 bits per heavy atom. The molecule has 0 aromatic heterocycles. The third-order valence-corrected chi connectivity index (χ3v) is 4.15. The van der Waals surface area contributed by atoms with Crippen LogP contribution in [-0.2, 0) is 16.0 Å². The number of amides is 1. The van der Waals surface area contributed by atoms with Crippen LogP contribution in [-0.4, -0.2) is 17.0 Å². The minimum atomic E-state index is -0.814. The molecule has 1 amide bonds. The lowest BCUT2D eigenvalue weighted by molar-refractivity contribution is -0.137. The van der Waals surface area contributed by atoms with Crippen molar-refractivity contribution >= 4 is 11.9 Å². The molecule has 0 bridgehead atoms. The summed E-state index contributed by atoms with van der Waals surface area (Å²) < 4.78 is 0. The van der Waals surface area contributed by atoms with Gasteiger partial charge in [-0.1, -0.05) is 60.7 Å². The molecule has 132 valence electrons. The van der Waals surface area contributed by atoms with Crippen LogP contribution in [0.25, 0.3) is 0 Å². The van der Waals surface area contributed by atoms with Gasteiger partial charge in [0, 0.05) is 12.8 Å². The topological polar surface area (TPSA) is 66.4 Å². The van der Waals surface area contributed by atoms with E-state index in [0.717, 1.165) is 18.4 Å². The first kappa shape index (κ1) is 18.7. The zero-order valence-corrected chi connectivity index (χ0v) is 14.4. The fourth-order valence-electron chi connectivity index (χ4n) is 2.79. The van der Waals surface area contributed by atoms with Gasteiger partial charge in [0.05, 0.1) is 6.04 Å². The zero-order valence-electron chi connectivity index (χ0n) is 14.4. The normalized spacial score (nSPS) is 11.7. The van der Waals surface area contributed by atoms with Crippen molar-refractivity contribution in [1.82, 2.24) is 5.32 Å². The van der Waals surface area contributed by atoms with Crippen molar-refractivity contribution in [3.05, 3.63) is 71.8 Å². The summed E-state index contributed by atoms with van der Waals surface area (Å²) in [6.45, 7) is 0. The number of carboxylic acids is 1. The Morgan fingerprint density at radius 2 is 1.48 bits per heavy atom. The standard InChI is InChI=1S/C21H25NO3/c23-20(13-7-8-14-21(24)25)22-19(18-11-5-2-6-12-18)16-15-17-9-3-1-4-10-17/h1-6,9-12,19H,7-8,13-16H2,(H,22,23)(H,24,25). The molecule has 1 atom stereocenters. The summed E-state index contributed by atoms with van der Waals surface area (Å²) in [7, 11) is 0. The smallest absolute Gasteiger partial charge is 0.303 e. The molecule has 4 nitrogen and oxygen atoms in total. The highest BCUT2D eigenvalue weighted by atomic mass is 16.4. The van der Waals surface area contributed by atoms with Crippen molar-refractivity contribution in [2.45, 2.75) is 44.6 Å². The van der Waals surface area contributed by atoms with E-state index in [4.69, 9.17) is 5.11 Å². The van der Waals surface area contributed by atoms with E-state index in [2.05, 4.69) is 17.4 Å². The van der Waals surface area contributed by atoms with E-state index in [0.29, 0.717) is 19.3 Å². The lowest BCUT2D eigenvalue weighted by atomic mass is 9.98. The number of carbonyl (C=O) groups excluding carboxylic acids is 1. The van der Waals surface area contributed by atoms with E-state index in [1.165, 1.54) is 5.56 Å². The maximum absolute atomic E-state index is 12.2. The van der Waals surface area contributed by atoms with Crippen molar-refractivity contribution in [3.8, 4) is 0 Å². The minimum absolute atomic E-state index is 0.0210. The Bertz CT molecular complexity index is 655. The lowest BCUT2D eigenvalue weighted by Gasteiger charge is -2.19. The second-order valence-electron chi connectivity index (χ2n) is 6.16. The van der Waals surface area contributed by atoms with Gasteiger partial charge in [-0.15, -0.1) is 0 Å². The molecule has 4 heteroatoms. The van der Waals surface area contributed by atoms with Crippen molar-refractivity contribution < 1.29 is 14.7 Å². The SMILES string of the molecule is O=C(O)CCCCC(=O)NC(CCc1ccccc1)c1ccccc1. The maximum atomic E-state index is 12.2. The van der Waals surface area contributed by atoms with Gasteiger partial charge >= 0.3 is 5.97 Å². The molecular formula is C21H25NO3. The summed E-state index contributed by atoms with van der Waals surface area (Å²) in [5, 5.41) is 11.8. The van der Waals surface area contributed by atoms with Gasteiger partial charge in [0.25, 0.3) is 0 Å². The fourth-order valence-corrected chi connectivity index (χ4v) is 2.79. The molecule has 0 aliphatic heterocycles. The number of carbonyl (C=O) groups is 2. The van der Waals surface area contributed by atoms with Crippen molar-refractivity contribution in [2.75, 3.05) is 0 Å². The van der Waals surface area contributed by atoms with Crippen LogP contribution in [0.5, 0.6) is 0 Å². The zero-order chi connectivity index (χ0) is 17.9. The van der Waals surface area contributed by atoms with Gasteiger partial charge in [-0.25, -0.2) is 0 Å². The van der Waals surface area contributed by atoms with Gasteiger partial charge in [-0.05, 0) is 36.8 Å². The molecule has 0 saturated heterocycles. The van der Waals surface area contributed by atoms with Crippen molar-refractivity contribution in [3.63, 3.8) is 0 Å². The predicted octanol–water partition coefficient (Wildman–Crippen LogP) is 4.12. The summed E-state index contributed by atoms with van der Waals surface area (Å²) in [5.74, 6) is -0.835. The minimum Gasteiger partial charge on any atom is -0.481 e. The summed E-state index contributed by atoms with van der Waals surface area (Å²) in [5.41, 5.74) is 2.34. The van der Waals surface area contributed by atoms with E-state index >= 15 is 0 Å². The van der Waals surface area contributed by atoms with Gasteiger partial charge < -0.3 is 10.4 Å². The molecule has 2 aromatic rings. The number of hydrogen-bond acceptors (Lipinski definition) is 2. The van der Waals surface area contributed by atoms with Crippen LogP contribution in [0.3, 0.4) is 0 Å². The van der Waals surface area contributed by atoms with Crippen LogP contribution in [0.2, 0.25) is 0 Å². The molecule has 0 aliphatic rings. The average molecular weight is 339 g/mol. The molecule has 2 rings (SSSR count). The van der Waals surface area contributed by atoms with Crippen LogP contribution in [0.1, 0.15) is 49.3 Å². The van der Waals surface area contributed by atoms with Crippen molar-refractivity contribution in [2.24, 2.45) is 0 Å². The monoisotopic (exact) mass is 339 g/mol. The second-order valence-corrected chi connectivity index (χ2v) is 6.16. The number of nitrogens with one attached hydrogen (secondary N) is 1. The fraction of sp³-hybridized carbons (Fsp3) is 0.333. The molecule has 2 aromatic carbocycles. The first-order valence-electron chi connectivity index (χ1n) is 8.75. The number of carboxylic acid groups (broad SMARTS) is 1. The van der Waals surface area contributed by atoms with E-state index < -0.39 is 5.97 Å². The van der Waals surface area contributed by atoms with E-state index in [-0.39, 0.29) is 18.4 Å². The molecule has 0 spiro atoms. The van der Waals surface area contributed by atoms with Crippen LogP contribution >= 0.6 is 0 Å². The van der Waals surface area contributed by atoms with E-state index in [1.807, 2.05) is 48.5 Å². The molecule has 2 N–H and O–H groups in total. The largest absolute Gasteiger partial charge is 0.481 e. The Kier molecular flexibility index (Phi) is 7.70. The molecule has 25 heavy (non-hydrogen) atoms. The number of unbranched alkanes of at least 4 members (excludes halogenated alkanes) is 1. The number of aryl methyl sites for hydroxylation is 1. The summed E-state index contributed by atoms with van der Waals surface area (Å²) in [6, 6.07) is 20.2. The van der Waals surface area contributed by atoms with Crippen LogP contribution in [0.4, 0.5) is 0 Å². The van der Waals surface area contributed by atoms with Crippen molar-refractivity contribution in [1.29, 1.82) is 0 Å². The number of hydrogen-bond donors (Lipinski definition) is 2. The average Bonchev–Trinajstić information content (AvgIpc) is 2.63. The third kappa shape index (κ3) is 7.21. The van der Waals surface area contributed by atoms with E-state index in [9.17, 15) is 9.59 Å². The van der Waals surface area contributed by atoms with Gasteiger partial charge in [0.2, 0.25) is 5.91 Å². The van der Waals surface area contributed by atoms with Gasteiger partial charge in [-0.3, -0.25) is 9.59 Å². The number of aliphatic carboxylic acids is 1. The summed E-state index contributed by atoms with van der Waals surface area (Å²) in [4.78, 5) is 22.8. The Hall–Kier alpha value is -2.62. The van der Waals surface area contributed by atoms with E-state index in [1.54, 1.807) is 0 Å². The highest BCUT2D eigenvalue weighted by molar-refractivity contribution is 5.76. The first-order chi connectivity index (χ1) is 12.1. The summed E-state index contributed by atoms with van der Waals surface area (Å²) >= 11 is 0. The molecule has 0 radical (unpaired) electrons. The molecule has 0 saturated carbocycles. The third-order valence-electron chi connectivity index (χ3n) is 4.15. The highest BCUT2D eigenvalue weighted by Gasteiger charge is 2.14. The quantitative estimate of drug-likeness (QED) is 0.640. The van der Waals surface area contributed by atoms with Crippen LogP contribution < -0.4 is 5.32 Å². The first-order valence-corrected chi connectivity index (χ1v) is 8.75. The van der Waals surface area contributed by atoms with Crippen LogP contribution in [0.15, 0.2) is 60.7 Å². The van der Waals surface area contributed by atoms with Crippen LogP contribution in [0, 0.1) is 0 Å². The Morgan fingerprint density at radius 1 is 0.880 bits per heavy atom. The lowest BCUT2D eigenvalue weighted by Crippen LogP contribution is -2.28. The second kappa shape index (κ2) is 10.3. The predicted molar refractivity (Wildman–Crippen MR) is 98.2 cm³/mol. The van der Waals surface area contributed by atoms with Gasteiger partial charge in [0.1, 0.15) is 0 Å².